The van der Waals surface area contributed by atoms with E-state index in [1.165, 1.54) is 34.4 Å². The van der Waals surface area contributed by atoms with Gasteiger partial charge in [0.2, 0.25) is 0 Å². The van der Waals surface area contributed by atoms with Crippen LogP contribution in [-0.4, -0.2) is 18.0 Å². The highest BCUT2D eigenvalue weighted by molar-refractivity contribution is 7.17. The lowest BCUT2D eigenvalue weighted by molar-refractivity contribution is 0.0902. The molecule has 0 bridgehead atoms. The Morgan fingerprint density at radius 3 is 2.71 bits per heavy atom. The number of hydrogen-bond donors (Lipinski definition) is 2. The van der Waals surface area contributed by atoms with Crippen LogP contribution in [0, 0.1) is 5.92 Å². The fourth-order valence-electron chi connectivity index (χ4n) is 3.54. The molecular weight excluding hydrogens is 340 g/mol. The van der Waals surface area contributed by atoms with Gasteiger partial charge in [-0.15, -0.1) is 23.7 Å². The van der Waals surface area contributed by atoms with Crippen molar-refractivity contribution in [2.24, 2.45) is 11.7 Å². The molecule has 0 spiro atoms. The highest BCUT2D eigenvalue weighted by atomic mass is 35.5. The van der Waals surface area contributed by atoms with Gasteiger partial charge in [-0.3, -0.25) is 4.79 Å². The third-order valence-electron chi connectivity index (χ3n) is 5.26. The summed E-state index contributed by atoms with van der Waals surface area (Å²) < 4.78 is 0. The Kier molecular flexibility index (Phi) is 4.73. The quantitative estimate of drug-likeness (QED) is 0.869. The van der Waals surface area contributed by atoms with Crippen molar-refractivity contribution >= 4 is 29.7 Å². The highest BCUT2D eigenvalue weighted by Crippen LogP contribution is 2.41. The van der Waals surface area contributed by atoms with E-state index < -0.39 is 0 Å². The molecule has 1 fully saturated rings. The molecule has 0 saturated heterocycles. The maximum absolute atomic E-state index is 12.7. The summed E-state index contributed by atoms with van der Waals surface area (Å²) in [6.07, 6.45) is 4.42. The maximum atomic E-state index is 12.7. The number of amides is 1. The van der Waals surface area contributed by atoms with Gasteiger partial charge in [-0.2, -0.15) is 0 Å². The van der Waals surface area contributed by atoms with E-state index in [0.29, 0.717) is 12.5 Å². The second kappa shape index (κ2) is 6.51. The molecular formula is C19H23ClN2OS. The van der Waals surface area contributed by atoms with E-state index in [2.05, 4.69) is 42.6 Å². The monoisotopic (exact) mass is 362 g/mol. The van der Waals surface area contributed by atoms with Crippen molar-refractivity contribution in [1.82, 2.24) is 5.32 Å². The van der Waals surface area contributed by atoms with Crippen LogP contribution in [0.5, 0.6) is 0 Å². The van der Waals surface area contributed by atoms with Gasteiger partial charge in [-0.1, -0.05) is 24.3 Å². The van der Waals surface area contributed by atoms with Crippen molar-refractivity contribution in [2.45, 2.75) is 38.1 Å². The standard InChI is InChI=1S/C19H22N2OS.ClH/c1-19(11-20,14-8-9-14)21-18(22)16-10-13-7-6-12-4-2-3-5-15(12)17(13)23-16;/h2-5,10,14H,6-9,11,20H2,1H3,(H,21,22);1H. The van der Waals surface area contributed by atoms with Gasteiger partial charge in [0.15, 0.2) is 0 Å². The summed E-state index contributed by atoms with van der Waals surface area (Å²) in [6.45, 7) is 2.57. The fourth-order valence-corrected chi connectivity index (χ4v) is 4.71. The van der Waals surface area contributed by atoms with Gasteiger partial charge in [-0.05, 0) is 61.3 Å². The summed E-state index contributed by atoms with van der Waals surface area (Å²) in [5.74, 6) is 0.563. The lowest BCUT2D eigenvalue weighted by atomic mass is 9.91. The van der Waals surface area contributed by atoms with Gasteiger partial charge < -0.3 is 11.1 Å². The van der Waals surface area contributed by atoms with Crippen LogP contribution in [0.4, 0.5) is 0 Å². The summed E-state index contributed by atoms with van der Waals surface area (Å²) >= 11 is 1.62. The van der Waals surface area contributed by atoms with Crippen molar-refractivity contribution < 1.29 is 4.79 Å². The minimum absolute atomic E-state index is 0. The molecule has 5 heteroatoms. The number of benzene rings is 1. The van der Waals surface area contributed by atoms with Crippen LogP contribution in [0.3, 0.4) is 0 Å². The van der Waals surface area contributed by atoms with Gasteiger partial charge in [0, 0.05) is 11.4 Å². The predicted octanol–water partition coefficient (Wildman–Crippen LogP) is 3.79. The maximum Gasteiger partial charge on any atom is 0.261 e. The van der Waals surface area contributed by atoms with Crippen LogP contribution in [0.2, 0.25) is 0 Å². The lowest BCUT2D eigenvalue weighted by Gasteiger charge is -2.29. The molecule has 1 amide bonds. The Balaban J connectivity index is 0.00000169. The average molecular weight is 363 g/mol. The Hall–Kier alpha value is -1.36. The minimum atomic E-state index is -0.264. The van der Waals surface area contributed by atoms with Gasteiger partial charge in [0.1, 0.15) is 0 Å². The van der Waals surface area contributed by atoms with E-state index in [1.807, 2.05) is 0 Å². The van der Waals surface area contributed by atoms with E-state index in [0.717, 1.165) is 17.7 Å². The van der Waals surface area contributed by atoms with Crippen LogP contribution >= 0.6 is 23.7 Å². The first kappa shape index (κ1) is 17.5. The van der Waals surface area contributed by atoms with Crippen molar-refractivity contribution in [3.8, 4) is 10.4 Å². The van der Waals surface area contributed by atoms with Crippen LogP contribution in [0.25, 0.3) is 10.4 Å². The Morgan fingerprint density at radius 1 is 1.29 bits per heavy atom. The summed E-state index contributed by atoms with van der Waals surface area (Å²) in [7, 11) is 0. The fraction of sp³-hybridized carbons (Fsp3) is 0.421. The first-order valence-electron chi connectivity index (χ1n) is 8.34. The Labute approximate surface area is 153 Å². The van der Waals surface area contributed by atoms with E-state index in [4.69, 9.17) is 5.73 Å². The molecule has 1 saturated carbocycles. The number of fused-ring (bicyclic) bond motifs is 3. The number of nitrogens with one attached hydrogen (secondary N) is 1. The van der Waals surface area contributed by atoms with Gasteiger partial charge >= 0.3 is 0 Å². The third kappa shape index (κ3) is 2.99. The number of carbonyl (C=O) groups is 1. The third-order valence-corrected chi connectivity index (χ3v) is 6.47. The van der Waals surface area contributed by atoms with Crippen molar-refractivity contribution in [3.63, 3.8) is 0 Å². The van der Waals surface area contributed by atoms with Crippen LogP contribution < -0.4 is 11.1 Å². The highest BCUT2D eigenvalue weighted by Gasteiger charge is 2.41. The summed E-state index contributed by atoms with van der Waals surface area (Å²) in [4.78, 5) is 14.8. The van der Waals surface area contributed by atoms with Crippen molar-refractivity contribution in [3.05, 3.63) is 46.3 Å². The zero-order valence-electron chi connectivity index (χ0n) is 13.8. The SMILES string of the molecule is CC(CN)(NC(=O)c1cc2c(s1)-c1ccccc1CC2)C1CC1.Cl. The van der Waals surface area contributed by atoms with E-state index in [1.54, 1.807) is 11.3 Å². The Morgan fingerprint density at radius 2 is 2.00 bits per heavy atom. The van der Waals surface area contributed by atoms with E-state index in [-0.39, 0.29) is 23.9 Å². The average Bonchev–Trinajstić information content (AvgIpc) is 3.33. The summed E-state index contributed by atoms with van der Waals surface area (Å²) in [5.41, 5.74) is 9.65. The molecule has 128 valence electrons. The molecule has 2 aromatic rings. The van der Waals surface area contributed by atoms with Gasteiger partial charge in [-0.25, -0.2) is 0 Å². The second-order valence-electron chi connectivity index (χ2n) is 6.97. The second-order valence-corrected chi connectivity index (χ2v) is 8.02. The number of nitrogens with two attached hydrogens (primary N) is 1. The first-order valence-corrected chi connectivity index (χ1v) is 9.16. The number of carbonyl (C=O) groups excluding carboxylic acids is 1. The lowest BCUT2D eigenvalue weighted by Crippen LogP contribution is -2.53. The molecule has 1 atom stereocenters. The summed E-state index contributed by atoms with van der Waals surface area (Å²) in [5, 5.41) is 3.20. The smallest absolute Gasteiger partial charge is 0.261 e. The molecule has 24 heavy (non-hydrogen) atoms. The molecule has 3 nitrogen and oxygen atoms in total. The zero-order valence-corrected chi connectivity index (χ0v) is 15.4. The molecule has 4 rings (SSSR count). The molecule has 3 N–H and O–H groups in total. The van der Waals surface area contributed by atoms with Crippen molar-refractivity contribution in [1.29, 1.82) is 0 Å². The molecule has 0 aliphatic heterocycles. The largest absolute Gasteiger partial charge is 0.345 e. The van der Waals surface area contributed by atoms with Crippen LogP contribution in [-0.2, 0) is 12.8 Å². The minimum Gasteiger partial charge on any atom is -0.345 e. The molecule has 1 heterocycles. The number of hydrogen-bond acceptors (Lipinski definition) is 3. The van der Waals surface area contributed by atoms with Gasteiger partial charge in [0.25, 0.3) is 5.91 Å². The first-order chi connectivity index (χ1) is 11.1. The molecule has 1 aromatic carbocycles. The van der Waals surface area contributed by atoms with E-state index >= 15 is 0 Å². The summed E-state index contributed by atoms with van der Waals surface area (Å²) in [6, 6.07) is 10.6. The number of rotatable bonds is 4. The zero-order chi connectivity index (χ0) is 16.0. The van der Waals surface area contributed by atoms with Crippen molar-refractivity contribution in [2.75, 3.05) is 6.54 Å². The number of thiophene rings is 1. The molecule has 1 aromatic heterocycles. The Bertz CT molecular complexity index is 768. The molecule has 2 aliphatic carbocycles. The van der Waals surface area contributed by atoms with Gasteiger partial charge in [0.05, 0.1) is 10.4 Å². The molecule has 1 unspecified atom stereocenters. The van der Waals surface area contributed by atoms with Crippen LogP contribution in [0.1, 0.15) is 40.6 Å². The van der Waals surface area contributed by atoms with E-state index in [9.17, 15) is 4.79 Å². The molecule has 0 radical (unpaired) electrons. The number of halogens is 1. The molecule has 2 aliphatic rings. The van der Waals surface area contributed by atoms with Crippen LogP contribution in [0.15, 0.2) is 30.3 Å². The number of aryl methyl sites for hydroxylation is 2. The predicted molar refractivity (Wildman–Crippen MR) is 102 cm³/mol. The normalized spacial score (nSPS) is 17.9. The topological polar surface area (TPSA) is 55.1 Å².